The molecule has 0 aliphatic carbocycles. The van der Waals surface area contributed by atoms with Gasteiger partial charge in [0.05, 0.1) is 6.10 Å². The van der Waals surface area contributed by atoms with E-state index in [2.05, 4.69) is 16.6 Å². The first-order valence-electron chi connectivity index (χ1n) is 8.47. The van der Waals surface area contributed by atoms with Crippen molar-refractivity contribution < 1.29 is 29.3 Å². The Morgan fingerprint density at radius 2 is 1.89 bits per heavy atom. The van der Waals surface area contributed by atoms with Gasteiger partial charge in [-0.1, -0.05) is 30.3 Å². The number of alkyl carbamates (subject to hydrolysis) is 1. The minimum absolute atomic E-state index is 0.00926. The second-order valence-corrected chi connectivity index (χ2v) is 5.92. The largest absolute Gasteiger partial charge is 0.480 e. The summed E-state index contributed by atoms with van der Waals surface area (Å²) in [7, 11) is 0. The molecule has 4 N–H and O–H groups in total. The quantitative estimate of drug-likeness (QED) is 0.357. The maximum atomic E-state index is 12.3. The summed E-state index contributed by atoms with van der Waals surface area (Å²) in [6, 6.07) is 6.39. The number of hydrogen-bond acceptors (Lipinski definition) is 5. The van der Waals surface area contributed by atoms with Gasteiger partial charge < -0.3 is 25.6 Å². The summed E-state index contributed by atoms with van der Waals surface area (Å²) in [6.45, 7) is 1.29. The average Bonchev–Trinajstić information content (AvgIpc) is 2.64. The lowest BCUT2D eigenvalue weighted by Crippen LogP contribution is -2.55. The molecule has 0 fully saturated rings. The summed E-state index contributed by atoms with van der Waals surface area (Å²) in [6.07, 6.45) is 3.90. The van der Waals surface area contributed by atoms with E-state index in [1.807, 2.05) is 6.07 Å². The van der Waals surface area contributed by atoms with Gasteiger partial charge in [-0.2, -0.15) is 0 Å². The first-order valence-corrected chi connectivity index (χ1v) is 8.47. The lowest BCUT2D eigenvalue weighted by molar-refractivity contribution is -0.142. The number of unbranched alkanes of at least 4 members (excludes halogenated alkanes) is 1. The van der Waals surface area contributed by atoms with E-state index in [-0.39, 0.29) is 13.0 Å². The van der Waals surface area contributed by atoms with E-state index in [1.165, 1.54) is 6.92 Å². The summed E-state index contributed by atoms with van der Waals surface area (Å²) in [4.78, 5) is 35.5. The first kappa shape index (κ1) is 22.0. The van der Waals surface area contributed by atoms with Crippen molar-refractivity contribution in [3.8, 4) is 12.3 Å². The van der Waals surface area contributed by atoms with Crippen LogP contribution in [0.3, 0.4) is 0 Å². The molecule has 0 aliphatic heterocycles. The normalized spacial score (nSPS) is 13.5. The average molecular weight is 376 g/mol. The van der Waals surface area contributed by atoms with Crippen LogP contribution in [-0.2, 0) is 20.9 Å². The third-order valence-electron chi connectivity index (χ3n) is 3.68. The minimum Gasteiger partial charge on any atom is -0.480 e. The molecule has 8 heteroatoms. The lowest BCUT2D eigenvalue weighted by Gasteiger charge is -2.23. The highest BCUT2D eigenvalue weighted by atomic mass is 16.5. The van der Waals surface area contributed by atoms with Crippen LogP contribution in [0, 0.1) is 12.3 Å². The summed E-state index contributed by atoms with van der Waals surface area (Å²) in [5, 5.41) is 23.5. The molecule has 2 amide bonds. The molecule has 1 aromatic rings. The Hall–Kier alpha value is -3.05. The van der Waals surface area contributed by atoms with Crippen molar-refractivity contribution in [2.24, 2.45) is 0 Å². The van der Waals surface area contributed by atoms with Crippen LogP contribution in [0.15, 0.2) is 30.3 Å². The molecule has 0 saturated carbocycles. The number of carbonyl (C=O) groups excluding carboxylic acids is 2. The molecule has 1 aromatic carbocycles. The number of carboxylic acid groups (broad SMARTS) is 1. The molecular formula is C19H24N2O6. The molecular weight excluding hydrogens is 352 g/mol. The number of aliphatic hydroxyl groups is 1. The molecule has 0 spiro atoms. The van der Waals surface area contributed by atoms with Crippen molar-refractivity contribution in [3.63, 3.8) is 0 Å². The maximum absolute atomic E-state index is 12.3. The lowest BCUT2D eigenvalue weighted by atomic mass is 10.1. The monoisotopic (exact) mass is 376 g/mol. The number of rotatable bonds is 10. The highest BCUT2D eigenvalue weighted by Gasteiger charge is 2.29. The molecule has 8 nitrogen and oxygen atoms in total. The Balaban J connectivity index is 2.61. The van der Waals surface area contributed by atoms with Crippen LogP contribution in [0.25, 0.3) is 0 Å². The zero-order chi connectivity index (χ0) is 20.2. The van der Waals surface area contributed by atoms with Crippen molar-refractivity contribution in [1.82, 2.24) is 10.6 Å². The second kappa shape index (κ2) is 11.5. The van der Waals surface area contributed by atoms with E-state index in [4.69, 9.17) is 11.2 Å². The van der Waals surface area contributed by atoms with E-state index in [0.29, 0.717) is 12.8 Å². The van der Waals surface area contributed by atoms with Crippen molar-refractivity contribution >= 4 is 18.0 Å². The van der Waals surface area contributed by atoms with Gasteiger partial charge >= 0.3 is 12.1 Å². The van der Waals surface area contributed by atoms with Crippen LogP contribution in [0.5, 0.6) is 0 Å². The summed E-state index contributed by atoms with van der Waals surface area (Å²) >= 11 is 0. The molecule has 3 atom stereocenters. The number of carboxylic acids is 1. The van der Waals surface area contributed by atoms with Gasteiger partial charge in [0, 0.05) is 6.42 Å². The van der Waals surface area contributed by atoms with Crippen molar-refractivity contribution in [2.75, 3.05) is 0 Å². The van der Waals surface area contributed by atoms with E-state index in [0.717, 1.165) is 5.56 Å². The number of benzene rings is 1. The highest BCUT2D eigenvalue weighted by molar-refractivity contribution is 5.89. The number of hydrogen-bond donors (Lipinski definition) is 4. The van der Waals surface area contributed by atoms with E-state index in [1.54, 1.807) is 24.3 Å². The van der Waals surface area contributed by atoms with Crippen LogP contribution in [0.4, 0.5) is 4.79 Å². The number of ether oxygens (including phenoxy) is 1. The Bertz CT molecular complexity index is 669. The van der Waals surface area contributed by atoms with Gasteiger partial charge in [-0.25, -0.2) is 9.59 Å². The standard InChI is InChI=1S/C19H24N2O6/c1-3-4-6-11-15(18(24)25)20-17(23)16(13(2)22)21-19(26)27-12-14-9-7-5-8-10-14/h1,5,7-10,13,15-16,22H,4,6,11-12H2,2H3,(H,20,23)(H,21,26)(H,24,25)/t13-,15-,16+/m1/s1. The molecule has 27 heavy (non-hydrogen) atoms. The smallest absolute Gasteiger partial charge is 0.408 e. The summed E-state index contributed by atoms with van der Waals surface area (Å²) in [5.41, 5.74) is 0.755. The molecule has 0 unspecified atom stereocenters. The van der Waals surface area contributed by atoms with Gasteiger partial charge in [0.2, 0.25) is 5.91 Å². The third kappa shape index (κ3) is 8.25. The molecule has 146 valence electrons. The fraction of sp³-hybridized carbons (Fsp3) is 0.421. The van der Waals surface area contributed by atoms with Crippen molar-refractivity contribution in [2.45, 2.75) is 51.0 Å². The molecule has 0 heterocycles. The van der Waals surface area contributed by atoms with Crippen LogP contribution in [-0.4, -0.2) is 46.4 Å². The van der Waals surface area contributed by atoms with E-state index >= 15 is 0 Å². The van der Waals surface area contributed by atoms with Crippen molar-refractivity contribution in [3.05, 3.63) is 35.9 Å². The van der Waals surface area contributed by atoms with Crippen LogP contribution in [0.2, 0.25) is 0 Å². The number of nitrogens with one attached hydrogen (secondary N) is 2. The molecule has 0 bridgehead atoms. The van der Waals surface area contributed by atoms with E-state index < -0.39 is 36.2 Å². The third-order valence-corrected chi connectivity index (χ3v) is 3.68. The first-order chi connectivity index (χ1) is 12.8. The SMILES string of the molecule is C#CCCC[C@@H](NC(=O)[C@@H](NC(=O)OCc1ccccc1)[C@@H](C)O)C(=O)O. The number of aliphatic carboxylic acids is 1. The molecule has 0 aliphatic rings. The molecule has 1 rings (SSSR count). The topological polar surface area (TPSA) is 125 Å². The second-order valence-electron chi connectivity index (χ2n) is 5.92. The van der Waals surface area contributed by atoms with E-state index in [9.17, 15) is 24.6 Å². The van der Waals surface area contributed by atoms with Gasteiger partial charge in [0.1, 0.15) is 18.7 Å². The predicted molar refractivity (Wildman–Crippen MR) is 97.5 cm³/mol. The molecule has 0 saturated heterocycles. The fourth-order valence-corrected chi connectivity index (χ4v) is 2.22. The highest BCUT2D eigenvalue weighted by Crippen LogP contribution is 2.04. The van der Waals surface area contributed by atoms with Gasteiger partial charge in [-0.3, -0.25) is 4.79 Å². The zero-order valence-electron chi connectivity index (χ0n) is 15.1. The van der Waals surface area contributed by atoms with Crippen molar-refractivity contribution in [1.29, 1.82) is 0 Å². The summed E-state index contributed by atoms with van der Waals surface area (Å²) in [5.74, 6) is 0.341. The predicted octanol–water partition coefficient (Wildman–Crippen LogP) is 1.04. The Morgan fingerprint density at radius 1 is 1.22 bits per heavy atom. The maximum Gasteiger partial charge on any atom is 0.408 e. The Labute approximate surface area is 157 Å². The zero-order valence-corrected chi connectivity index (χ0v) is 15.1. The minimum atomic E-state index is -1.36. The number of amides is 2. The molecule has 0 aromatic heterocycles. The molecule has 0 radical (unpaired) electrons. The fourth-order valence-electron chi connectivity index (χ4n) is 2.22. The number of aliphatic hydroxyl groups excluding tert-OH is 1. The van der Waals surface area contributed by atoms with Gasteiger partial charge in [-0.15, -0.1) is 12.3 Å². The van der Waals surface area contributed by atoms with Crippen LogP contribution >= 0.6 is 0 Å². The van der Waals surface area contributed by atoms with Gasteiger partial charge in [0.15, 0.2) is 0 Å². The number of carbonyl (C=O) groups is 3. The summed E-state index contributed by atoms with van der Waals surface area (Å²) < 4.78 is 5.01. The number of terminal acetylenes is 1. The van der Waals surface area contributed by atoms with Crippen LogP contribution in [0.1, 0.15) is 31.7 Å². The Morgan fingerprint density at radius 3 is 2.44 bits per heavy atom. The van der Waals surface area contributed by atoms with Gasteiger partial charge in [0.25, 0.3) is 0 Å². The Kier molecular flexibility index (Phi) is 9.40. The van der Waals surface area contributed by atoms with Crippen LogP contribution < -0.4 is 10.6 Å². The van der Waals surface area contributed by atoms with Gasteiger partial charge in [-0.05, 0) is 25.3 Å².